The second kappa shape index (κ2) is 10.6. The van der Waals surface area contributed by atoms with E-state index in [1.165, 1.54) is 29.3 Å². The monoisotopic (exact) mass is 464 g/mol. The molecule has 1 N–H and O–H groups in total. The fourth-order valence-electron chi connectivity index (χ4n) is 4.18. The lowest BCUT2D eigenvalue weighted by atomic mass is 9.96. The first kappa shape index (κ1) is 22.9. The molecular weight excluding hydrogens is 440 g/mol. The molecule has 1 fully saturated rings. The van der Waals surface area contributed by atoms with Crippen LogP contribution < -0.4 is 5.32 Å². The molecule has 7 nitrogen and oxygen atoms in total. The molecule has 4 rings (SSSR count). The van der Waals surface area contributed by atoms with Gasteiger partial charge in [-0.05, 0) is 17.2 Å². The Morgan fingerprint density at radius 1 is 0.939 bits per heavy atom. The van der Waals surface area contributed by atoms with Gasteiger partial charge in [-0.25, -0.2) is 0 Å². The fourth-order valence-corrected chi connectivity index (χ4v) is 4.34. The van der Waals surface area contributed by atoms with Crippen molar-refractivity contribution in [1.29, 1.82) is 0 Å². The summed E-state index contributed by atoms with van der Waals surface area (Å²) in [6.45, 7) is 3.32. The smallest absolute Gasteiger partial charge is 0.271 e. The molecular formula is C25H25ClN4O3. The molecule has 170 valence electrons. The predicted molar refractivity (Wildman–Crippen MR) is 129 cm³/mol. The van der Waals surface area contributed by atoms with E-state index in [1.54, 1.807) is 0 Å². The highest BCUT2D eigenvalue weighted by Gasteiger charge is 2.27. The van der Waals surface area contributed by atoms with Crippen molar-refractivity contribution in [2.75, 3.05) is 38.0 Å². The molecule has 1 saturated heterocycles. The van der Waals surface area contributed by atoms with Gasteiger partial charge in [0.25, 0.3) is 5.69 Å². The number of non-ortho nitro benzene ring substituents is 1. The number of carbonyl (C=O) groups is 1. The van der Waals surface area contributed by atoms with E-state index in [9.17, 15) is 14.9 Å². The van der Waals surface area contributed by atoms with E-state index in [-0.39, 0.29) is 34.9 Å². The van der Waals surface area contributed by atoms with Gasteiger partial charge in [-0.15, -0.1) is 0 Å². The number of carbonyl (C=O) groups excluding carboxylic acids is 1. The van der Waals surface area contributed by atoms with Gasteiger partial charge in [-0.3, -0.25) is 24.7 Å². The zero-order chi connectivity index (χ0) is 23.2. The summed E-state index contributed by atoms with van der Waals surface area (Å²) in [7, 11) is 0. The first-order valence-electron chi connectivity index (χ1n) is 10.8. The van der Waals surface area contributed by atoms with Gasteiger partial charge in [-0.1, -0.05) is 72.3 Å². The lowest BCUT2D eigenvalue weighted by Gasteiger charge is -2.39. The quantitative estimate of drug-likeness (QED) is 0.408. The largest absolute Gasteiger partial charge is 0.323 e. The summed E-state index contributed by atoms with van der Waals surface area (Å²) in [5.41, 5.74) is 2.63. The number of piperazine rings is 1. The molecule has 0 aliphatic carbocycles. The standard InChI is InChI=1S/C25H25ClN4O3/c26-22-12-11-21(30(32)33)17-23(22)27-24(31)18-28-13-15-29(16-14-28)25(19-7-3-1-4-8-19)20-9-5-2-6-10-20/h1-12,17,25H,13-16,18H2,(H,27,31). The molecule has 0 spiro atoms. The molecule has 0 aromatic heterocycles. The Balaban J connectivity index is 1.38. The van der Waals surface area contributed by atoms with Gasteiger partial charge in [0.05, 0.1) is 28.2 Å². The van der Waals surface area contributed by atoms with Crippen LogP contribution in [0.5, 0.6) is 0 Å². The van der Waals surface area contributed by atoms with Crippen LogP contribution in [0.1, 0.15) is 17.2 Å². The Kier molecular flexibility index (Phi) is 7.34. The summed E-state index contributed by atoms with van der Waals surface area (Å²) in [5.74, 6) is -0.242. The van der Waals surface area contributed by atoms with Crippen molar-refractivity contribution in [3.05, 3.63) is 105 Å². The maximum absolute atomic E-state index is 12.6. The third kappa shape index (κ3) is 5.76. The molecule has 1 aliphatic heterocycles. The summed E-state index contributed by atoms with van der Waals surface area (Å²) in [5, 5.41) is 14.0. The number of rotatable bonds is 7. The second-order valence-corrected chi connectivity index (χ2v) is 8.41. The van der Waals surface area contributed by atoms with E-state index in [4.69, 9.17) is 11.6 Å². The predicted octanol–water partition coefficient (Wildman–Crippen LogP) is 4.59. The van der Waals surface area contributed by atoms with Crippen LogP contribution in [0.2, 0.25) is 5.02 Å². The molecule has 3 aromatic rings. The van der Waals surface area contributed by atoms with Crippen molar-refractivity contribution < 1.29 is 9.72 Å². The van der Waals surface area contributed by atoms with Crippen LogP contribution in [-0.4, -0.2) is 53.4 Å². The minimum atomic E-state index is -0.513. The van der Waals surface area contributed by atoms with Crippen LogP contribution in [0.4, 0.5) is 11.4 Å². The van der Waals surface area contributed by atoms with Crippen molar-refractivity contribution in [3.63, 3.8) is 0 Å². The molecule has 8 heteroatoms. The van der Waals surface area contributed by atoms with Crippen molar-refractivity contribution in [2.24, 2.45) is 0 Å². The maximum Gasteiger partial charge on any atom is 0.271 e. The maximum atomic E-state index is 12.6. The van der Waals surface area contributed by atoms with E-state index >= 15 is 0 Å². The van der Waals surface area contributed by atoms with Crippen LogP contribution in [0.25, 0.3) is 0 Å². The number of hydrogen-bond acceptors (Lipinski definition) is 5. The van der Waals surface area contributed by atoms with Crippen molar-refractivity contribution in [2.45, 2.75) is 6.04 Å². The number of nitrogens with one attached hydrogen (secondary N) is 1. The highest BCUT2D eigenvalue weighted by atomic mass is 35.5. The van der Waals surface area contributed by atoms with Crippen LogP contribution >= 0.6 is 11.6 Å². The highest BCUT2D eigenvalue weighted by molar-refractivity contribution is 6.33. The zero-order valence-corrected chi connectivity index (χ0v) is 18.8. The Morgan fingerprint density at radius 3 is 2.06 bits per heavy atom. The minimum Gasteiger partial charge on any atom is -0.323 e. The number of amides is 1. The first-order chi connectivity index (χ1) is 16.0. The van der Waals surface area contributed by atoms with Crippen LogP contribution in [0.15, 0.2) is 78.9 Å². The number of nitro benzene ring substituents is 1. The molecule has 33 heavy (non-hydrogen) atoms. The number of benzene rings is 3. The third-order valence-corrected chi connectivity index (χ3v) is 6.13. The summed E-state index contributed by atoms with van der Waals surface area (Å²) in [6, 6.07) is 25.1. The van der Waals surface area contributed by atoms with Gasteiger partial charge in [0.2, 0.25) is 5.91 Å². The summed E-state index contributed by atoms with van der Waals surface area (Å²) < 4.78 is 0. The van der Waals surface area contributed by atoms with Crippen molar-refractivity contribution in [3.8, 4) is 0 Å². The first-order valence-corrected chi connectivity index (χ1v) is 11.2. The SMILES string of the molecule is O=C(CN1CCN(C(c2ccccc2)c2ccccc2)CC1)Nc1cc([N+](=O)[O-])ccc1Cl. The van der Waals surface area contributed by atoms with Crippen molar-refractivity contribution in [1.82, 2.24) is 9.80 Å². The Hall–Kier alpha value is -3.26. The number of nitro groups is 1. The molecule has 0 unspecified atom stereocenters. The molecule has 1 aliphatic rings. The van der Waals surface area contributed by atoms with Gasteiger partial charge in [0.15, 0.2) is 0 Å². The van der Waals surface area contributed by atoms with Gasteiger partial charge in [0, 0.05) is 38.3 Å². The van der Waals surface area contributed by atoms with E-state index in [0.29, 0.717) is 0 Å². The van der Waals surface area contributed by atoms with Gasteiger partial charge < -0.3 is 5.32 Å². The summed E-state index contributed by atoms with van der Waals surface area (Å²) in [6.07, 6.45) is 0. The number of nitrogens with zero attached hydrogens (tertiary/aromatic N) is 3. The van der Waals surface area contributed by atoms with E-state index in [2.05, 4.69) is 63.6 Å². The third-order valence-electron chi connectivity index (χ3n) is 5.80. The topological polar surface area (TPSA) is 78.7 Å². The summed E-state index contributed by atoms with van der Waals surface area (Å²) >= 11 is 6.10. The number of hydrogen-bond donors (Lipinski definition) is 1. The Labute approximate surface area is 197 Å². The van der Waals surface area contributed by atoms with Gasteiger partial charge >= 0.3 is 0 Å². The zero-order valence-electron chi connectivity index (χ0n) is 18.1. The fraction of sp³-hybridized carbons (Fsp3) is 0.240. The van der Waals surface area contributed by atoms with Crippen LogP contribution in [-0.2, 0) is 4.79 Å². The van der Waals surface area contributed by atoms with Crippen molar-refractivity contribution >= 4 is 28.9 Å². The molecule has 1 heterocycles. The minimum absolute atomic E-state index is 0.115. The average molecular weight is 465 g/mol. The normalized spacial score (nSPS) is 14.8. The lowest BCUT2D eigenvalue weighted by Crippen LogP contribution is -2.49. The summed E-state index contributed by atoms with van der Waals surface area (Å²) in [4.78, 5) is 27.6. The molecule has 0 radical (unpaired) electrons. The van der Waals surface area contributed by atoms with Gasteiger partial charge in [0.1, 0.15) is 0 Å². The molecule has 0 bridgehead atoms. The number of anilines is 1. The van der Waals surface area contributed by atoms with E-state index < -0.39 is 4.92 Å². The van der Waals surface area contributed by atoms with E-state index in [0.717, 1.165) is 26.2 Å². The lowest BCUT2D eigenvalue weighted by molar-refractivity contribution is -0.384. The number of halogens is 1. The average Bonchev–Trinajstić information content (AvgIpc) is 2.83. The second-order valence-electron chi connectivity index (χ2n) is 8.01. The van der Waals surface area contributed by atoms with Crippen LogP contribution in [0, 0.1) is 10.1 Å². The molecule has 0 saturated carbocycles. The highest BCUT2D eigenvalue weighted by Crippen LogP contribution is 2.30. The molecule has 1 amide bonds. The Bertz CT molecular complexity index is 1060. The molecule has 3 aromatic carbocycles. The molecule has 0 atom stereocenters. The van der Waals surface area contributed by atoms with Crippen LogP contribution in [0.3, 0.4) is 0 Å². The van der Waals surface area contributed by atoms with E-state index in [1.807, 2.05) is 12.1 Å². The Morgan fingerprint density at radius 2 is 1.52 bits per heavy atom. The van der Waals surface area contributed by atoms with Gasteiger partial charge in [-0.2, -0.15) is 0 Å².